The largest absolute Gasteiger partial charge is 0.394 e. The van der Waals surface area contributed by atoms with Crippen LogP contribution in [0.1, 0.15) is 60.3 Å². The summed E-state index contributed by atoms with van der Waals surface area (Å²) in [5, 5.41) is 13.6. The zero-order valence-corrected chi connectivity index (χ0v) is 12.3. The maximum atomic E-state index is 9.93. The Balaban J connectivity index is 2.83. The fourth-order valence-electron chi connectivity index (χ4n) is 3.37. The first-order chi connectivity index (χ1) is 7.82. The van der Waals surface area contributed by atoms with Gasteiger partial charge in [0.2, 0.25) is 0 Å². The van der Waals surface area contributed by atoms with Crippen LogP contribution in [0.25, 0.3) is 0 Å². The third kappa shape index (κ3) is 3.69. The van der Waals surface area contributed by atoms with Gasteiger partial charge in [-0.2, -0.15) is 0 Å². The molecule has 2 N–H and O–H groups in total. The molecule has 2 nitrogen and oxygen atoms in total. The van der Waals surface area contributed by atoms with Crippen LogP contribution in [0.4, 0.5) is 0 Å². The lowest BCUT2D eigenvalue weighted by Crippen LogP contribution is -2.60. The summed E-state index contributed by atoms with van der Waals surface area (Å²) in [5.74, 6) is 1.22. The second-order valence-electron chi connectivity index (χ2n) is 7.25. The van der Waals surface area contributed by atoms with Gasteiger partial charge in [-0.3, -0.25) is 0 Å². The van der Waals surface area contributed by atoms with Gasteiger partial charge in [0.25, 0.3) is 0 Å². The van der Waals surface area contributed by atoms with Crippen molar-refractivity contribution in [2.75, 3.05) is 13.2 Å². The van der Waals surface area contributed by atoms with Crippen LogP contribution >= 0.6 is 0 Å². The van der Waals surface area contributed by atoms with E-state index in [1.807, 2.05) is 0 Å². The van der Waals surface area contributed by atoms with E-state index in [0.29, 0.717) is 11.8 Å². The van der Waals surface area contributed by atoms with Crippen LogP contribution in [0, 0.1) is 17.3 Å². The van der Waals surface area contributed by atoms with Crippen molar-refractivity contribution in [3.63, 3.8) is 0 Å². The molecule has 0 aromatic heterocycles. The van der Waals surface area contributed by atoms with Crippen molar-refractivity contribution in [3.8, 4) is 0 Å². The van der Waals surface area contributed by atoms with Gasteiger partial charge in [0.1, 0.15) is 0 Å². The van der Waals surface area contributed by atoms with Crippen molar-refractivity contribution in [2.45, 2.75) is 65.8 Å². The van der Waals surface area contributed by atoms with Gasteiger partial charge in [-0.1, -0.05) is 47.5 Å². The Kier molecular flexibility index (Phi) is 5.03. The summed E-state index contributed by atoms with van der Waals surface area (Å²) < 4.78 is 0. The van der Waals surface area contributed by atoms with E-state index < -0.39 is 0 Å². The van der Waals surface area contributed by atoms with Crippen molar-refractivity contribution in [3.05, 3.63) is 0 Å². The van der Waals surface area contributed by atoms with E-state index in [1.54, 1.807) is 0 Å². The van der Waals surface area contributed by atoms with Crippen LogP contribution < -0.4 is 5.32 Å². The van der Waals surface area contributed by atoms with Crippen molar-refractivity contribution >= 4 is 0 Å². The molecule has 102 valence electrons. The van der Waals surface area contributed by atoms with Crippen LogP contribution in [0.15, 0.2) is 0 Å². The quantitative estimate of drug-likeness (QED) is 0.792. The highest BCUT2D eigenvalue weighted by Gasteiger charge is 2.45. The van der Waals surface area contributed by atoms with Gasteiger partial charge in [-0.25, -0.2) is 0 Å². The first-order valence-corrected chi connectivity index (χ1v) is 7.18. The van der Waals surface area contributed by atoms with E-state index in [4.69, 9.17) is 0 Å². The van der Waals surface area contributed by atoms with Crippen LogP contribution in [0.3, 0.4) is 0 Å². The molecular formula is C15H31NO. The molecule has 1 aliphatic rings. The normalized spacial score (nSPS) is 30.9. The number of nitrogens with one attached hydrogen (secondary N) is 1. The second-order valence-corrected chi connectivity index (χ2v) is 7.25. The van der Waals surface area contributed by atoms with E-state index in [-0.39, 0.29) is 17.6 Å². The molecule has 0 aromatic rings. The molecule has 0 saturated heterocycles. The Labute approximate surface area is 107 Å². The van der Waals surface area contributed by atoms with Crippen molar-refractivity contribution in [1.82, 2.24) is 5.32 Å². The average Bonchev–Trinajstić information content (AvgIpc) is 2.25. The highest BCUT2D eigenvalue weighted by Crippen LogP contribution is 2.44. The summed E-state index contributed by atoms with van der Waals surface area (Å²) in [5.41, 5.74) is 0.230. The zero-order chi connectivity index (χ0) is 13.1. The third-order valence-corrected chi connectivity index (χ3v) is 4.22. The number of aliphatic hydroxyl groups is 1. The van der Waals surface area contributed by atoms with Crippen LogP contribution in [0.2, 0.25) is 0 Å². The number of aliphatic hydroxyl groups excluding tert-OH is 1. The van der Waals surface area contributed by atoms with E-state index in [2.05, 4.69) is 39.9 Å². The SMILES string of the molecule is CC(C)CNC1(CO)CCCCC1C(C)(C)C. The molecular weight excluding hydrogens is 210 g/mol. The molecule has 0 heterocycles. The minimum Gasteiger partial charge on any atom is -0.394 e. The summed E-state index contributed by atoms with van der Waals surface area (Å²) in [4.78, 5) is 0. The minimum absolute atomic E-state index is 0.0409. The predicted molar refractivity (Wildman–Crippen MR) is 74.1 cm³/mol. The van der Waals surface area contributed by atoms with E-state index in [0.717, 1.165) is 13.0 Å². The molecule has 2 unspecified atom stereocenters. The summed E-state index contributed by atoms with van der Waals surface area (Å²) in [6.45, 7) is 12.7. The molecule has 2 atom stereocenters. The lowest BCUT2D eigenvalue weighted by atomic mass is 9.62. The molecule has 0 bridgehead atoms. The highest BCUT2D eigenvalue weighted by molar-refractivity contribution is 5.01. The van der Waals surface area contributed by atoms with E-state index in [1.165, 1.54) is 19.3 Å². The highest BCUT2D eigenvalue weighted by atomic mass is 16.3. The van der Waals surface area contributed by atoms with Crippen LogP contribution in [-0.2, 0) is 0 Å². The smallest absolute Gasteiger partial charge is 0.0616 e. The van der Waals surface area contributed by atoms with Crippen LogP contribution in [0.5, 0.6) is 0 Å². The van der Waals surface area contributed by atoms with Crippen molar-refractivity contribution < 1.29 is 5.11 Å². The van der Waals surface area contributed by atoms with Gasteiger partial charge in [-0.05, 0) is 36.6 Å². The Morgan fingerprint density at radius 3 is 2.41 bits per heavy atom. The van der Waals surface area contributed by atoms with Crippen molar-refractivity contribution in [2.24, 2.45) is 17.3 Å². The molecule has 0 radical (unpaired) electrons. The predicted octanol–water partition coefficient (Wildman–Crippen LogP) is 3.20. The molecule has 1 fully saturated rings. The lowest BCUT2D eigenvalue weighted by molar-refractivity contribution is 0.00612. The molecule has 0 aromatic carbocycles. The van der Waals surface area contributed by atoms with E-state index >= 15 is 0 Å². The second kappa shape index (κ2) is 5.71. The Morgan fingerprint density at radius 2 is 1.94 bits per heavy atom. The number of rotatable bonds is 4. The minimum atomic E-state index is -0.0409. The molecule has 17 heavy (non-hydrogen) atoms. The Bertz CT molecular complexity index is 232. The van der Waals surface area contributed by atoms with Gasteiger partial charge in [0.05, 0.1) is 6.61 Å². The zero-order valence-electron chi connectivity index (χ0n) is 12.3. The van der Waals surface area contributed by atoms with Gasteiger partial charge in [0.15, 0.2) is 0 Å². The molecule has 2 heteroatoms. The Morgan fingerprint density at radius 1 is 1.29 bits per heavy atom. The Hall–Kier alpha value is -0.0800. The molecule has 0 aliphatic heterocycles. The van der Waals surface area contributed by atoms with E-state index in [9.17, 15) is 5.11 Å². The van der Waals surface area contributed by atoms with Gasteiger partial charge in [-0.15, -0.1) is 0 Å². The standard InChI is InChI=1S/C15H31NO/c1-12(2)10-16-15(11-17)9-7-6-8-13(15)14(3,4)5/h12-13,16-17H,6-11H2,1-5H3. The molecule has 1 aliphatic carbocycles. The fraction of sp³-hybridized carbons (Fsp3) is 1.00. The number of hydrogen-bond donors (Lipinski definition) is 2. The summed E-state index contributed by atoms with van der Waals surface area (Å²) >= 11 is 0. The van der Waals surface area contributed by atoms with Gasteiger partial charge < -0.3 is 10.4 Å². The fourth-order valence-corrected chi connectivity index (χ4v) is 3.37. The summed E-state index contributed by atoms with van der Waals surface area (Å²) in [6.07, 6.45) is 4.93. The van der Waals surface area contributed by atoms with Crippen molar-refractivity contribution in [1.29, 1.82) is 0 Å². The maximum Gasteiger partial charge on any atom is 0.0616 e. The molecule has 1 rings (SSSR count). The summed E-state index contributed by atoms with van der Waals surface area (Å²) in [7, 11) is 0. The summed E-state index contributed by atoms with van der Waals surface area (Å²) in [6, 6.07) is 0. The average molecular weight is 241 g/mol. The first kappa shape index (κ1) is 15.0. The van der Waals surface area contributed by atoms with Gasteiger partial charge >= 0.3 is 0 Å². The third-order valence-electron chi connectivity index (χ3n) is 4.22. The monoisotopic (exact) mass is 241 g/mol. The van der Waals surface area contributed by atoms with Gasteiger partial charge in [0, 0.05) is 5.54 Å². The first-order valence-electron chi connectivity index (χ1n) is 7.18. The lowest BCUT2D eigenvalue weighted by Gasteiger charge is -2.50. The molecule has 0 spiro atoms. The molecule has 1 saturated carbocycles. The molecule has 0 amide bonds. The van der Waals surface area contributed by atoms with Crippen LogP contribution in [-0.4, -0.2) is 23.8 Å². The topological polar surface area (TPSA) is 32.3 Å². The number of hydrogen-bond acceptors (Lipinski definition) is 2. The maximum absolute atomic E-state index is 9.93.